The first kappa shape index (κ1) is 10.5. The number of carbonyl (C=O) groups excluding carboxylic acids is 1. The molecule has 0 aromatic carbocycles. The van der Waals surface area contributed by atoms with Crippen molar-refractivity contribution in [2.75, 3.05) is 0 Å². The lowest BCUT2D eigenvalue weighted by molar-refractivity contribution is -0.115. The Kier molecular flexibility index (Phi) is 4.81. The second-order valence-corrected chi connectivity index (χ2v) is 3.86. The molecule has 0 bridgehead atoms. The van der Waals surface area contributed by atoms with Crippen LogP contribution < -0.4 is 0 Å². The molecule has 0 unspecified atom stereocenters. The normalized spacial score (nSPS) is 16.8. The summed E-state index contributed by atoms with van der Waals surface area (Å²) >= 11 is 0. The number of ketones is 1. The van der Waals surface area contributed by atoms with Crippen molar-refractivity contribution >= 4 is 5.78 Å². The Balaban J connectivity index is 2.25. The molecule has 0 aromatic heterocycles. The molecule has 74 valence electrons. The van der Waals surface area contributed by atoms with Gasteiger partial charge in [-0.1, -0.05) is 25.8 Å². The van der Waals surface area contributed by atoms with Crippen molar-refractivity contribution in [2.24, 2.45) is 0 Å². The summed E-state index contributed by atoms with van der Waals surface area (Å²) in [6.07, 6.45) is 11.0. The first-order chi connectivity index (χ1) is 6.34. The minimum Gasteiger partial charge on any atom is -0.295 e. The van der Waals surface area contributed by atoms with Crippen LogP contribution in [0.2, 0.25) is 0 Å². The van der Waals surface area contributed by atoms with Gasteiger partial charge in [0.25, 0.3) is 0 Å². The number of carbonyl (C=O) groups is 1. The van der Waals surface area contributed by atoms with Crippen LogP contribution in [-0.4, -0.2) is 5.78 Å². The molecular weight excluding hydrogens is 160 g/mol. The van der Waals surface area contributed by atoms with Crippen molar-refractivity contribution in [3.63, 3.8) is 0 Å². The molecule has 0 heterocycles. The molecule has 0 N–H and O–H groups in total. The zero-order chi connectivity index (χ0) is 9.52. The van der Waals surface area contributed by atoms with Crippen LogP contribution in [0.1, 0.15) is 58.3 Å². The third-order valence-corrected chi connectivity index (χ3v) is 2.66. The second kappa shape index (κ2) is 5.95. The van der Waals surface area contributed by atoms with E-state index < -0.39 is 0 Å². The average molecular weight is 180 g/mol. The van der Waals surface area contributed by atoms with Crippen LogP contribution in [0.5, 0.6) is 0 Å². The monoisotopic (exact) mass is 180 g/mol. The summed E-state index contributed by atoms with van der Waals surface area (Å²) in [5.41, 5.74) is 1.11. The van der Waals surface area contributed by atoms with Crippen LogP contribution in [0, 0.1) is 0 Å². The van der Waals surface area contributed by atoms with Crippen molar-refractivity contribution in [1.82, 2.24) is 0 Å². The Bertz CT molecular complexity index is 191. The highest BCUT2D eigenvalue weighted by atomic mass is 16.1. The molecule has 0 fully saturated rings. The van der Waals surface area contributed by atoms with Gasteiger partial charge >= 0.3 is 0 Å². The van der Waals surface area contributed by atoms with E-state index in [4.69, 9.17) is 0 Å². The van der Waals surface area contributed by atoms with Gasteiger partial charge in [0.15, 0.2) is 5.78 Å². The Hall–Kier alpha value is -0.590. The number of rotatable bonds is 5. The molecule has 0 saturated heterocycles. The minimum absolute atomic E-state index is 0.410. The van der Waals surface area contributed by atoms with E-state index in [1.807, 2.05) is 0 Å². The van der Waals surface area contributed by atoms with Gasteiger partial charge in [-0.2, -0.15) is 0 Å². The molecular formula is C12H20O. The van der Waals surface area contributed by atoms with Crippen LogP contribution in [-0.2, 0) is 4.79 Å². The summed E-state index contributed by atoms with van der Waals surface area (Å²) in [6, 6.07) is 0. The molecule has 0 radical (unpaired) electrons. The predicted octanol–water partition coefficient (Wildman–Crippen LogP) is 3.64. The Morgan fingerprint density at radius 2 is 2.23 bits per heavy atom. The molecule has 1 nitrogen and oxygen atoms in total. The molecule has 13 heavy (non-hydrogen) atoms. The lowest BCUT2D eigenvalue weighted by atomic mass is 9.94. The van der Waals surface area contributed by atoms with E-state index in [0.717, 1.165) is 31.3 Å². The fourth-order valence-electron chi connectivity index (χ4n) is 1.79. The van der Waals surface area contributed by atoms with Crippen molar-refractivity contribution < 1.29 is 4.79 Å². The van der Waals surface area contributed by atoms with Crippen LogP contribution in [0.25, 0.3) is 0 Å². The van der Waals surface area contributed by atoms with Gasteiger partial charge in [0.05, 0.1) is 0 Å². The molecule has 0 atom stereocenters. The molecule has 0 amide bonds. The van der Waals surface area contributed by atoms with Gasteiger partial charge in [-0.25, -0.2) is 0 Å². The zero-order valence-corrected chi connectivity index (χ0v) is 8.64. The molecule has 0 aromatic rings. The van der Waals surface area contributed by atoms with Crippen LogP contribution in [0.15, 0.2) is 11.6 Å². The second-order valence-electron chi connectivity index (χ2n) is 3.86. The molecule has 0 aliphatic heterocycles. The van der Waals surface area contributed by atoms with Crippen LogP contribution in [0.3, 0.4) is 0 Å². The number of Topliss-reactive ketones (excluding diaryl/α,β-unsaturated/α-hetero) is 1. The average Bonchev–Trinajstić information content (AvgIpc) is 2.19. The number of unbranched alkanes of at least 4 members (excludes halogenated alkanes) is 2. The minimum atomic E-state index is 0.410. The quantitative estimate of drug-likeness (QED) is 0.590. The highest BCUT2D eigenvalue weighted by Crippen LogP contribution is 2.19. The Morgan fingerprint density at radius 1 is 1.38 bits per heavy atom. The lowest BCUT2D eigenvalue weighted by Crippen LogP contribution is -2.05. The lowest BCUT2D eigenvalue weighted by Gasteiger charge is -2.10. The summed E-state index contributed by atoms with van der Waals surface area (Å²) in [6.45, 7) is 2.17. The van der Waals surface area contributed by atoms with Gasteiger partial charge in [-0.3, -0.25) is 4.79 Å². The molecule has 1 rings (SSSR count). The van der Waals surface area contributed by atoms with E-state index in [0.29, 0.717) is 5.78 Å². The van der Waals surface area contributed by atoms with Crippen molar-refractivity contribution in [3.05, 3.63) is 11.6 Å². The highest BCUT2D eigenvalue weighted by molar-refractivity contribution is 5.95. The van der Waals surface area contributed by atoms with E-state index in [-0.39, 0.29) is 0 Å². The highest BCUT2D eigenvalue weighted by Gasteiger charge is 2.11. The van der Waals surface area contributed by atoms with Crippen LogP contribution in [0.4, 0.5) is 0 Å². The Labute approximate surface area is 81.2 Å². The maximum Gasteiger partial charge on any atom is 0.158 e. The SMILES string of the molecule is CCCCCC(=O)C1=CCCCC1. The Morgan fingerprint density at radius 3 is 2.85 bits per heavy atom. The van der Waals surface area contributed by atoms with E-state index >= 15 is 0 Å². The fraction of sp³-hybridized carbons (Fsp3) is 0.750. The standard InChI is InChI=1S/C12H20O/c1-2-3-5-10-12(13)11-8-6-4-7-9-11/h8H,2-7,9-10H2,1H3. The van der Waals surface area contributed by atoms with Gasteiger partial charge in [0.2, 0.25) is 0 Å². The van der Waals surface area contributed by atoms with Crippen molar-refractivity contribution in [1.29, 1.82) is 0 Å². The molecule has 1 heteroatoms. The first-order valence-electron chi connectivity index (χ1n) is 5.57. The number of allylic oxidation sites excluding steroid dienone is 2. The van der Waals surface area contributed by atoms with Gasteiger partial charge in [0, 0.05) is 6.42 Å². The van der Waals surface area contributed by atoms with E-state index in [1.54, 1.807) is 0 Å². The predicted molar refractivity (Wildman–Crippen MR) is 55.7 cm³/mol. The van der Waals surface area contributed by atoms with Crippen molar-refractivity contribution in [3.8, 4) is 0 Å². The summed E-state index contributed by atoms with van der Waals surface area (Å²) in [7, 11) is 0. The summed E-state index contributed by atoms with van der Waals surface area (Å²) in [5.74, 6) is 0.410. The number of hydrogen-bond acceptors (Lipinski definition) is 1. The van der Waals surface area contributed by atoms with Gasteiger partial charge in [0.1, 0.15) is 0 Å². The third kappa shape index (κ3) is 3.75. The summed E-state index contributed by atoms with van der Waals surface area (Å²) in [5, 5.41) is 0. The molecule has 0 spiro atoms. The first-order valence-corrected chi connectivity index (χ1v) is 5.57. The van der Waals surface area contributed by atoms with Gasteiger partial charge < -0.3 is 0 Å². The zero-order valence-electron chi connectivity index (χ0n) is 8.64. The topological polar surface area (TPSA) is 17.1 Å². The fourth-order valence-corrected chi connectivity index (χ4v) is 1.79. The largest absolute Gasteiger partial charge is 0.295 e. The van der Waals surface area contributed by atoms with E-state index in [2.05, 4.69) is 13.0 Å². The molecule has 0 saturated carbocycles. The maximum absolute atomic E-state index is 11.6. The third-order valence-electron chi connectivity index (χ3n) is 2.66. The van der Waals surface area contributed by atoms with Crippen molar-refractivity contribution in [2.45, 2.75) is 58.3 Å². The van der Waals surface area contributed by atoms with E-state index in [1.165, 1.54) is 25.7 Å². The number of hydrogen-bond donors (Lipinski definition) is 0. The maximum atomic E-state index is 11.6. The summed E-state index contributed by atoms with van der Waals surface area (Å²) in [4.78, 5) is 11.6. The summed E-state index contributed by atoms with van der Waals surface area (Å²) < 4.78 is 0. The van der Waals surface area contributed by atoms with Gasteiger partial charge in [-0.05, 0) is 37.7 Å². The molecule has 1 aliphatic carbocycles. The van der Waals surface area contributed by atoms with Gasteiger partial charge in [-0.15, -0.1) is 0 Å². The van der Waals surface area contributed by atoms with E-state index in [9.17, 15) is 4.79 Å². The smallest absolute Gasteiger partial charge is 0.158 e. The molecule has 1 aliphatic rings. The van der Waals surface area contributed by atoms with Crippen LogP contribution >= 0.6 is 0 Å².